The van der Waals surface area contributed by atoms with E-state index in [0.29, 0.717) is 5.92 Å². The summed E-state index contributed by atoms with van der Waals surface area (Å²) in [5.41, 5.74) is 2.58. The molecule has 2 fully saturated rings. The van der Waals surface area contributed by atoms with Crippen molar-refractivity contribution in [3.05, 3.63) is 69.2 Å². The molecule has 2 aromatic carbocycles. The summed E-state index contributed by atoms with van der Waals surface area (Å²) in [6.07, 6.45) is 25.8. The van der Waals surface area contributed by atoms with E-state index in [4.69, 9.17) is 23.2 Å². The lowest BCUT2D eigenvalue weighted by molar-refractivity contribution is 0.0351. The van der Waals surface area contributed by atoms with Crippen LogP contribution in [-0.2, 0) is 6.42 Å². The molecule has 4 rings (SSSR count). The van der Waals surface area contributed by atoms with Gasteiger partial charge in [0.05, 0.1) is 10.0 Å². The van der Waals surface area contributed by atoms with Crippen LogP contribution in [0.15, 0.2) is 36.4 Å². The molecule has 0 aliphatic heterocycles. The van der Waals surface area contributed by atoms with Gasteiger partial charge in [0, 0.05) is 0 Å². The van der Waals surface area contributed by atoms with Crippen LogP contribution in [0.1, 0.15) is 159 Å². The van der Waals surface area contributed by atoms with Crippen molar-refractivity contribution in [2.45, 2.75) is 155 Å². The van der Waals surface area contributed by atoms with Crippen molar-refractivity contribution in [1.29, 1.82) is 0 Å². The number of benzene rings is 2. The lowest BCUT2D eigenvalue weighted by Gasteiger charge is -2.51. The minimum Gasteiger partial charge on any atom is -0.205 e. The Morgan fingerprint density at radius 2 is 1.26 bits per heavy atom. The second-order valence-electron chi connectivity index (χ2n) is 14.3. The molecule has 0 saturated heterocycles. The molecule has 0 heterocycles. The Morgan fingerprint density at radius 1 is 0.674 bits per heavy atom. The van der Waals surface area contributed by atoms with Crippen LogP contribution < -0.4 is 0 Å². The summed E-state index contributed by atoms with van der Waals surface area (Å²) < 4.78 is 30.2. The number of unbranched alkanes of at least 4 members (excludes halogenated alkanes) is 5. The number of rotatable bonds is 16. The van der Waals surface area contributed by atoms with Gasteiger partial charge in [-0.15, -0.1) is 0 Å². The fourth-order valence-electron chi connectivity index (χ4n) is 8.98. The molecule has 4 heteroatoms. The third-order valence-corrected chi connectivity index (χ3v) is 12.0. The molecule has 2 aromatic rings. The Kier molecular flexibility index (Phi) is 13.7. The largest absolute Gasteiger partial charge is 0.205 e. The van der Waals surface area contributed by atoms with E-state index in [0.717, 1.165) is 24.0 Å². The van der Waals surface area contributed by atoms with Gasteiger partial charge in [-0.1, -0.05) is 133 Å². The molecule has 0 N–H and O–H groups in total. The molecule has 0 amide bonds. The maximum Gasteiger partial charge on any atom is 0.142 e. The van der Waals surface area contributed by atoms with Crippen molar-refractivity contribution in [3.63, 3.8) is 0 Å². The molecule has 2 aliphatic carbocycles. The lowest BCUT2D eigenvalue weighted by Crippen LogP contribution is -2.40. The maximum atomic E-state index is 15.3. The zero-order valence-corrected chi connectivity index (χ0v) is 28.5. The van der Waals surface area contributed by atoms with Crippen LogP contribution in [0.4, 0.5) is 8.78 Å². The third kappa shape index (κ3) is 9.45. The highest BCUT2D eigenvalue weighted by molar-refractivity contribution is 6.31. The Labute approximate surface area is 271 Å². The van der Waals surface area contributed by atoms with Crippen molar-refractivity contribution in [2.75, 3.05) is 0 Å². The van der Waals surface area contributed by atoms with Gasteiger partial charge in [-0.25, -0.2) is 8.78 Å². The Bertz CT molecular complexity index is 1120. The Hall–Kier alpha value is -1.12. The number of halogens is 4. The normalized spacial score (nSPS) is 19.7. The summed E-state index contributed by atoms with van der Waals surface area (Å²) in [7, 11) is 0. The molecule has 0 nitrogen and oxygen atoms in total. The Morgan fingerprint density at radius 3 is 1.88 bits per heavy atom. The van der Waals surface area contributed by atoms with Gasteiger partial charge in [0.1, 0.15) is 11.6 Å². The first kappa shape index (κ1) is 34.7. The molecule has 2 atom stereocenters. The predicted molar refractivity (Wildman–Crippen MR) is 181 cm³/mol. The summed E-state index contributed by atoms with van der Waals surface area (Å²) in [6.45, 7) is 4.57. The quantitative estimate of drug-likeness (QED) is 0.161. The minimum absolute atomic E-state index is 0.169. The average molecular weight is 634 g/mol. The molecular formula is C39H56Cl2F2. The van der Waals surface area contributed by atoms with E-state index < -0.39 is 0 Å². The molecule has 0 spiro atoms. The van der Waals surface area contributed by atoms with E-state index in [1.54, 1.807) is 24.3 Å². The van der Waals surface area contributed by atoms with Crippen molar-refractivity contribution >= 4 is 23.2 Å². The molecule has 0 aromatic heterocycles. The van der Waals surface area contributed by atoms with Gasteiger partial charge >= 0.3 is 0 Å². The van der Waals surface area contributed by atoms with Crippen LogP contribution in [0.5, 0.6) is 0 Å². The summed E-state index contributed by atoms with van der Waals surface area (Å²) in [5.74, 6) is -0.143. The van der Waals surface area contributed by atoms with Crippen molar-refractivity contribution in [1.82, 2.24) is 0 Å². The van der Waals surface area contributed by atoms with E-state index in [-0.39, 0.29) is 38.4 Å². The highest BCUT2D eigenvalue weighted by Gasteiger charge is 2.46. The average Bonchev–Trinajstić information content (AvgIpc) is 3.01. The summed E-state index contributed by atoms with van der Waals surface area (Å²) in [5, 5.41) is 0.377. The van der Waals surface area contributed by atoms with Crippen LogP contribution in [0.2, 0.25) is 10.0 Å². The fourth-order valence-corrected chi connectivity index (χ4v) is 9.22. The molecule has 240 valence electrons. The second kappa shape index (κ2) is 17.0. The zero-order chi connectivity index (χ0) is 30.7. The molecular weight excluding hydrogens is 577 g/mol. The van der Waals surface area contributed by atoms with E-state index >= 15 is 4.39 Å². The first-order valence-corrected chi connectivity index (χ1v) is 18.5. The van der Waals surface area contributed by atoms with Crippen LogP contribution in [-0.4, -0.2) is 0 Å². The van der Waals surface area contributed by atoms with Gasteiger partial charge in [-0.2, -0.15) is 0 Å². The van der Waals surface area contributed by atoms with Gasteiger partial charge in [0.25, 0.3) is 0 Å². The summed E-state index contributed by atoms with van der Waals surface area (Å²) in [4.78, 5) is 0. The van der Waals surface area contributed by atoms with E-state index in [1.165, 1.54) is 122 Å². The van der Waals surface area contributed by atoms with Crippen LogP contribution in [0, 0.1) is 28.4 Å². The standard InChI is InChI=1S/C39H56Cl2F2/c1-3-5-7-13-23-39(24-14-9-15-25-39)33(26-30-16-18-34(40)36(42)27-30)32(31-17-19-35(41)37(43)28-31)29-38(20-10-6-4-2)21-11-8-12-22-38/h16-19,27-28,32-33H,3-15,20-26,29H2,1-2H3. The highest BCUT2D eigenvalue weighted by atomic mass is 35.5. The first-order chi connectivity index (χ1) is 20.8. The molecule has 2 saturated carbocycles. The van der Waals surface area contributed by atoms with Gasteiger partial charge in [0.15, 0.2) is 0 Å². The fraction of sp³-hybridized carbons (Fsp3) is 0.692. The molecule has 0 bridgehead atoms. The van der Waals surface area contributed by atoms with E-state index in [1.807, 2.05) is 6.07 Å². The third-order valence-electron chi connectivity index (χ3n) is 11.3. The van der Waals surface area contributed by atoms with Crippen LogP contribution in [0.3, 0.4) is 0 Å². The van der Waals surface area contributed by atoms with Crippen molar-refractivity contribution < 1.29 is 8.78 Å². The van der Waals surface area contributed by atoms with Gasteiger partial charge in [-0.3, -0.25) is 0 Å². The maximum absolute atomic E-state index is 15.3. The van der Waals surface area contributed by atoms with Gasteiger partial charge in [0.2, 0.25) is 0 Å². The monoisotopic (exact) mass is 632 g/mol. The first-order valence-electron chi connectivity index (χ1n) is 17.7. The van der Waals surface area contributed by atoms with Crippen molar-refractivity contribution in [2.24, 2.45) is 16.7 Å². The number of hydrogen-bond acceptors (Lipinski definition) is 0. The zero-order valence-electron chi connectivity index (χ0n) is 27.0. The molecule has 43 heavy (non-hydrogen) atoms. The summed E-state index contributed by atoms with van der Waals surface area (Å²) >= 11 is 12.4. The second-order valence-corrected chi connectivity index (χ2v) is 15.1. The molecule has 2 unspecified atom stereocenters. The smallest absolute Gasteiger partial charge is 0.142 e. The van der Waals surface area contributed by atoms with E-state index in [2.05, 4.69) is 19.9 Å². The van der Waals surface area contributed by atoms with Gasteiger partial charge in [-0.05, 0) is 109 Å². The SMILES string of the molecule is CCCCCCC1(C(Cc2ccc(Cl)c(F)c2)C(CC2(CCCCC)CCCCC2)c2ccc(Cl)c(F)c2)CCCCC1. The van der Waals surface area contributed by atoms with Gasteiger partial charge < -0.3 is 0 Å². The Balaban J connectivity index is 1.83. The predicted octanol–water partition coefficient (Wildman–Crippen LogP) is 14.1. The lowest BCUT2D eigenvalue weighted by atomic mass is 9.54. The van der Waals surface area contributed by atoms with Crippen LogP contribution in [0.25, 0.3) is 0 Å². The molecule has 2 aliphatic rings. The molecule has 0 radical (unpaired) electrons. The van der Waals surface area contributed by atoms with Crippen molar-refractivity contribution in [3.8, 4) is 0 Å². The minimum atomic E-state index is -0.337. The highest BCUT2D eigenvalue weighted by Crippen LogP contribution is 2.57. The summed E-state index contributed by atoms with van der Waals surface area (Å²) in [6, 6.07) is 11.1. The number of hydrogen-bond donors (Lipinski definition) is 0. The van der Waals surface area contributed by atoms with E-state index in [9.17, 15) is 4.39 Å². The topological polar surface area (TPSA) is 0 Å². The van der Waals surface area contributed by atoms with Crippen LogP contribution >= 0.6 is 23.2 Å².